The zero-order chi connectivity index (χ0) is 13.9. The Labute approximate surface area is 116 Å². The first-order valence-electron chi connectivity index (χ1n) is 7.32. The molecule has 1 aromatic rings. The molecule has 0 unspecified atom stereocenters. The first kappa shape index (κ1) is 14.0. The van der Waals surface area contributed by atoms with Crippen LogP contribution in [-0.4, -0.2) is 11.6 Å². The summed E-state index contributed by atoms with van der Waals surface area (Å²) in [4.78, 5) is 0. The SMILES string of the molecule is CC(C)Oc1cc(N)cc(NC2(C)CCCCC2)c1. The third-order valence-corrected chi connectivity index (χ3v) is 3.70. The summed E-state index contributed by atoms with van der Waals surface area (Å²) in [6.07, 6.45) is 6.59. The number of anilines is 2. The summed E-state index contributed by atoms with van der Waals surface area (Å²) in [5.41, 5.74) is 7.98. The molecule has 0 aromatic heterocycles. The molecule has 0 bridgehead atoms. The van der Waals surface area contributed by atoms with Gasteiger partial charge in [0, 0.05) is 29.0 Å². The van der Waals surface area contributed by atoms with Crippen molar-refractivity contribution in [1.29, 1.82) is 0 Å². The molecular formula is C16H26N2O. The van der Waals surface area contributed by atoms with E-state index in [9.17, 15) is 0 Å². The van der Waals surface area contributed by atoms with Crippen LogP contribution < -0.4 is 15.8 Å². The summed E-state index contributed by atoms with van der Waals surface area (Å²) in [7, 11) is 0. The molecule has 0 saturated heterocycles. The molecule has 106 valence electrons. The lowest BCUT2D eigenvalue weighted by atomic mass is 9.83. The predicted octanol–water partition coefficient (Wildman–Crippen LogP) is 4.19. The van der Waals surface area contributed by atoms with Gasteiger partial charge in [0.2, 0.25) is 0 Å². The lowest BCUT2D eigenvalue weighted by Crippen LogP contribution is -2.36. The largest absolute Gasteiger partial charge is 0.491 e. The molecule has 0 aliphatic heterocycles. The predicted molar refractivity (Wildman–Crippen MR) is 81.7 cm³/mol. The van der Waals surface area contributed by atoms with Crippen LogP contribution in [-0.2, 0) is 0 Å². The molecule has 1 fully saturated rings. The molecule has 0 amide bonds. The van der Waals surface area contributed by atoms with Crippen LogP contribution in [0.4, 0.5) is 11.4 Å². The summed E-state index contributed by atoms with van der Waals surface area (Å²) < 4.78 is 5.74. The molecule has 3 N–H and O–H groups in total. The van der Waals surface area contributed by atoms with E-state index in [0.717, 1.165) is 17.1 Å². The Morgan fingerprint density at radius 1 is 1.16 bits per heavy atom. The van der Waals surface area contributed by atoms with E-state index in [1.807, 2.05) is 26.0 Å². The number of ether oxygens (including phenoxy) is 1. The van der Waals surface area contributed by atoms with Crippen LogP contribution in [0.3, 0.4) is 0 Å². The minimum atomic E-state index is 0.167. The van der Waals surface area contributed by atoms with E-state index in [-0.39, 0.29) is 11.6 Å². The minimum absolute atomic E-state index is 0.167. The van der Waals surface area contributed by atoms with Crippen molar-refractivity contribution in [2.24, 2.45) is 0 Å². The normalized spacial score (nSPS) is 18.3. The van der Waals surface area contributed by atoms with Crippen LogP contribution in [0.1, 0.15) is 52.9 Å². The maximum Gasteiger partial charge on any atom is 0.123 e. The Morgan fingerprint density at radius 3 is 2.47 bits per heavy atom. The van der Waals surface area contributed by atoms with Crippen molar-refractivity contribution in [1.82, 2.24) is 0 Å². The number of nitrogens with one attached hydrogen (secondary N) is 1. The van der Waals surface area contributed by atoms with Crippen molar-refractivity contribution in [2.45, 2.75) is 64.5 Å². The van der Waals surface area contributed by atoms with Crippen molar-refractivity contribution in [3.05, 3.63) is 18.2 Å². The second-order valence-electron chi connectivity index (χ2n) is 6.20. The molecular weight excluding hydrogens is 236 g/mol. The highest BCUT2D eigenvalue weighted by molar-refractivity contribution is 5.60. The molecule has 0 spiro atoms. The molecule has 2 rings (SSSR count). The van der Waals surface area contributed by atoms with Crippen LogP contribution in [0.5, 0.6) is 5.75 Å². The Balaban J connectivity index is 2.12. The highest BCUT2D eigenvalue weighted by atomic mass is 16.5. The van der Waals surface area contributed by atoms with Crippen molar-refractivity contribution in [3.63, 3.8) is 0 Å². The van der Waals surface area contributed by atoms with Crippen molar-refractivity contribution >= 4 is 11.4 Å². The zero-order valence-electron chi connectivity index (χ0n) is 12.3. The van der Waals surface area contributed by atoms with Gasteiger partial charge < -0.3 is 15.8 Å². The monoisotopic (exact) mass is 262 g/mol. The minimum Gasteiger partial charge on any atom is -0.491 e. The van der Waals surface area contributed by atoms with E-state index in [1.54, 1.807) is 0 Å². The van der Waals surface area contributed by atoms with E-state index >= 15 is 0 Å². The number of nitrogen functional groups attached to an aromatic ring is 1. The fourth-order valence-electron chi connectivity index (χ4n) is 2.84. The van der Waals surface area contributed by atoms with E-state index in [0.29, 0.717) is 0 Å². The quantitative estimate of drug-likeness (QED) is 0.800. The van der Waals surface area contributed by atoms with Crippen LogP contribution in [0.25, 0.3) is 0 Å². The van der Waals surface area contributed by atoms with Gasteiger partial charge in [0.1, 0.15) is 5.75 Å². The number of hydrogen-bond acceptors (Lipinski definition) is 3. The molecule has 1 aliphatic carbocycles. The van der Waals surface area contributed by atoms with Crippen LogP contribution in [0.15, 0.2) is 18.2 Å². The maximum absolute atomic E-state index is 5.96. The van der Waals surface area contributed by atoms with Crippen LogP contribution in [0.2, 0.25) is 0 Å². The molecule has 0 radical (unpaired) electrons. The van der Waals surface area contributed by atoms with Crippen LogP contribution >= 0.6 is 0 Å². The molecule has 1 aliphatic rings. The van der Waals surface area contributed by atoms with Crippen molar-refractivity contribution in [2.75, 3.05) is 11.1 Å². The number of rotatable bonds is 4. The smallest absolute Gasteiger partial charge is 0.123 e. The van der Waals surface area contributed by atoms with Gasteiger partial charge in [0.05, 0.1) is 6.10 Å². The van der Waals surface area contributed by atoms with Gasteiger partial charge in [-0.15, -0.1) is 0 Å². The number of hydrogen-bond donors (Lipinski definition) is 2. The van der Waals surface area contributed by atoms with E-state index in [2.05, 4.69) is 18.3 Å². The highest BCUT2D eigenvalue weighted by Crippen LogP contribution is 2.33. The number of nitrogens with two attached hydrogens (primary N) is 1. The third kappa shape index (κ3) is 4.05. The van der Waals surface area contributed by atoms with E-state index < -0.39 is 0 Å². The average molecular weight is 262 g/mol. The average Bonchev–Trinajstić information content (AvgIpc) is 2.27. The standard InChI is InChI=1S/C16H26N2O/c1-12(2)19-15-10-13(17)9-14(11-15)18-16(3)7-5-4-6-8-16/h9-12,18H,4-8,17H2,1-3H3. The molecule has 1 aromatic carbocycles. The van der Waals surface area contributed by atoms with Crippen molar-refractivity contribution in [3.8, 4) is 5.75 Å². The summed E-state index contributed by atoms with van der Waals surface area (Å²) >= 11 is 0. The highest BCUT2D eigenvalue weighted by Gasteiger charge is 2.26. The maximum atomic E-state index is 5.96. The fraction of sp³-hybridized carbons (Fsp3) is 0.625. The molecule has 3 heteroatoms. The fourth-order valence-corrected chi connectivity index (χ4v) is 2.84. The number of benzene rings is 1. The van der Waals surface area contributed by atoms with Gasteiger partial charge in [0.15, 0.2) is 0 Å². The summed E-state index contributed by atoms with van der Waals surface area (Å²) in [5, 5.41) is 3.65. The topological polar surface area (TPSA) is 47.3 Å². The first-order valence-corrected chi connectivity index (χ1v) is 7.32. The van der Waals surface area contributed by atoms with Crippen molar-refractivity contribution < 1.29 is 4.74 Å². The Kier molecular flexibility index (Phi) is 4.23. The first-order chi connectivity index (χ1) is 8.97. The summed E-state index contributed by atoms with van der Waals surface area (Å²) in [6.45, 7) is 6.36. The lowest BCUT2D eigenvalue weighted by molar-refractivity contribution is 0.242. The molecule has 0 atom stereocenters. The summed E-state index contributed by atoms with van der Waals surface area (Å²) in [5.74, 6) is 0.844. The third-order valence-electron chi connectivity index (χ3n) is 3.70. The van der Waals surface area contributed by atoms with E-state index in [1.165, 1.54) is 32.1 Å². The zero-order valence-corrected chi connectivity index (χ0v) is 12.3. The Hall–Kier alpha value is -1.38. The Morgan fingerprint density at radius 2 is 1.84 bits per heavy atom. The molecule has 3 nitrogen and oxygen atoms in total. The van der Waals surface area contributed by atoms with Gasteiger partial charge in [-0.25, -0.2) is 0 Å². The van der Waals surface area contributed by atoms with Gasteiger partial charge in [-0.1, -0.05) is 19.3 Å². The second-order valence-corrected chi connectivity index (χ2v) is 6.20. The molecule has 0 heterocycles. The van der Waals surface area contributed by atoms with Gasteiger partial charge in [0.25, 0.3) is 0 Å². The van der Waals surface area contributed by atoms with Crippen LogP contribution in [0, 0.1) is 0 Å². The summed E-state index contributed by atoms with van der Waals surface area (Å²) in [6, 6.07) is 5.93. The van der Waals surface area contributed by atoms with Gasteiger partial charge in [-0.05, 0) is 39.7 Å². The van der Waals surface area contributed by atoms with Gasteiger partial charge >= 0.3 is 0 Å². The lowest BCUT2D eigenvalue weighted by Gasteiger charge is -2.35. The molecule has 1 saturated carbocycles. The second kappa shape index (κ2) is 5.72. The van der Waals surface area contributed by atoms with Gasteiger partial charge in [-0.2, -0.15) is 0 Å². The molecule has 19 heavy (non-hydrogen) atoms. The van der Waals surface area contributed by atoms with E-state index in [4.69, 9.17) is 10.5 Å². The Bertz CT molecular complexity index is 423. The van der Waals surface area contributed by atoms with Gasteiger partial charge in [-0.3, -0.25) is 0 Å².